The highest BCUT2D eigenvalue weighted by atomic mass is 32.2. The highest BCUT2D eigenvalue weighted by molar-refractivity contribution is 7.99. The van der Waals surface area contributed by atoms with E-state index in [0.29, 0.717) is 11.8 Å². The average molecular weight is 240 g/mol. The highest BCUT2D eigenvalue weighted by Crippen LogP contribution is 2.25. The van der Waals surface area contributed by atoms with Gasteiger partial charge in [0.15, 0.2) is 5.82 Å². The number of Topliss-reactive ketones (excluding diaryl/α,β-unsaturated/α-hetero) is 1. The number of carbonyl (C=O) groups excluding carboxylic acids is 1. The maximum Gasteiger partial charge on any atom is 0.234 e. The Kier molecular flexibility index (Phi) is 3.98. The second-order valence-corrected chi connectivity index (χ2v) is 5.47. The molecule has 0 aromatic carbocycles. The Bertz CT molecular complexity index is 359. The predicted molar refractivity (Wildman–Crippen MR) is 62.4 cm³/mol. The van der Waals surface area contributed by atoms with Crippen molar-refractivity contribution in [3.05, 3.63) is 11.7 Å². The van der Waals surface area contributed by atoms with Crippen molar-refractivity contribution in [2.75, 3.05) is 11.5 Å². The number of thioether (sulfide) groups is 1. The SMILES string of the molecule is CC(=O)Cc1nc(CC2CCSCC2)no1. The van der Waals surface area contributed by atoms with Gasteiger partial charge >= 0.3 is 0 Å². The summed E-state index contributed by atoms with van der Waals surface area (Å²) < 4.78 is 5.03. The van der Waals surface area contributed by atoms with Crippen LogP contribution in [0, 0.1) is 5.92 Å². The van der Waals surface area contributed by atoms with Crippen LogP contribution in [0.25, 0.3) is 0 Å². The second-order valence-electron chi connectivity index (χ2n) is 4.24. The quantitative estimate of drug-likeness (QED) is 0.804. The van der Waals surface area contributed by atoms with E-state index in [1.165, 1.54) is 31.3 Å². The maximum atomic E-state index is 10.9. The van der Waals surface area contributed by atoms with E-state index in [9.17, 15) is 4.79 Å². The minimum Gasteiger partial charge on any atom is -0.339 e. The molecule has 0 aliphatic carbocycles. The molecule has 0 unspecified atom stereocenters. The summed E-state index contributed by atoms with van der Waals surface area (Å²) in [6.45, 7) is 1.53. The van der Waals surface area contributed by atoms with Crippen LogP contribution in [0.1, 0.15) is 31.5 Å². The van der Waals surface area contributed by atoms with Gasteiger partial charge in [-0.2, -0.15) is 16.7 Å². The largest absolute Gasteiger partial charge is 0.339 e. The van der Waals surface area contributed by atoms with Gasteiger partial charge in [0.2, 0.25) is 5.89 Å². The molecule has 0 N–H and O–H groups in total. The van der Waals surface area contributed by atoms with E-state index >= 15 is 0 Å². The number of aromatic nitrogens is 2. The molecule has 4 nitrogen and oxygen atoms in total. The van der Waals surface area contributed by atoms with Crippen LogP contribution in [0.3, 0.4) is 0 Å². The molecule has 1 aliphatic rings. The lowest BCUT2D eigenvalue weighted by Crippen LogP contribution is -2.13. The Morgan fingerprint density at radius 3 is 2.94 bits per heavy atom. The van der Waals surface area contributed by atoms with Gasteiger partial charge in [-0.25, -0.2) is 0 Å². The van der Waals surface area contributed by atoms with Gasteiger partial charge in [-0.3, -0.25) is 4.79 Å². The van der Waals surface area contributed by atoms with E-state index in [0.717, 1.165) is 12.2 Å². The molecule has 0 atom stereocenters. The van der Waals surface area contributed by atoms with Crippen LogP contribution in [0.4, 0.5) is 0 Å². The number of nitrogens with zero attached hydrogens (tertiary/aromatic N) is 2. The van der Waals surface area contributed by atoms with E-state index < -0.39 is 0 Å². The number of hydrogen-bond acceptors (Lipinski definition) is 5. The third-order valence-corrected chi connectivity index (χ3v) is 3.77. The van der Waals surface area contributed by atoms with Gasteiger partial charge in [0.1, 0.15) is 5.78 Å². The van der Waals surface area contributed by atoms with E-state index in [1.807, 2.05) is 11.8 Å². The van der Waals surface area contributed by atoms with Crippen molar-refractivity contribution in [3.63, 3.8) is 0 Å². The lowest BCUT2D eigenvalue weighted by atomic mass is 9.99. The number of ketones is 1. The van der Waals surface area contributed by atoms with Crippen LogP contribution >= 0.6 is 11.8 Å². The Morgan fingerprint density at radius 1 is 1.50 bits per heavy atom. The summed E-state index contributed by atoms with van der Waals surface area (Å²) in [5, 5.41) is 3.92. The van der Waals surface area contributed by atoms with Crippen molar-refractivity contribution in [1.29, 1.82) is 0 Å². The summed E-state index contributed by atoms with van der Waals surface area (Å²) in [7, 11) is 0. The molecule has 16 heavy (non-hydrogen) atoms. The molecule has 0 amide bonds. The van der Waals surface area contributed by atoms with Gasteiger partial charge in [0.05, 0.1) is 6.42 Å². The number of rotatable bonds is 4. The van der Waals surface area contributed by atoms with Crippen LogP contribution in [-0.4, -0.2) is 27.4 Å². The summed E-state index contributed by atoms with van der Waals surface area (Å²) in [6, 6.07) is 0. The van der Waals surface area contributed by atoms with E-state index in [1.54, 1.807) is 0 Å². The fraction of sp³-hybridized carbons (Fsp3) is 0.727. The summed E-state index contributed by atoms with van der Waals surface area (Å²) in [6.07, 6.45) is 3.62. The van der Waals surface area contributed by atoms with Gasteiger partial charge in [-0.1, -0.05) is 5.16 Å². The third-order valence-electron chi connectivity index (χ3n) is 2.72. The van der Waals surface area contributed by atoms with Gasteiger partial charge < -0.3 is 4.52 Å². The predicted octanol–water partition coefficient (Wildman–Crippen LogP) is 1.89. The molecule has 88 valence electrons. The van der Waals surface area contributed by atoms with E-state index in [4.69, 9.17) is 4.52 Å². The molecule has 2 rings (SSSR count). The lowest BCUT2D eigenvalue weighted by molar-refractivity contribution is -0.116. The molecular formula is C11H16N2O2S. The van der Waals surface area contributed by atoms with E-state index in [2.05, 4.69) is 10.1 Å². The smallest absolute Gasteiger partial charge is 0.234 e. The van der Waals surface area contributed by atoms with Crippen LogP contribution in [-0.2, 0) is 17.6 Å². The fourth-order valence-electron chi connectivity index (χ4n) is 1.87. The lowest BCUT2D eigenvalue weighted by Gasteiger charge is -2.19. The van der Waals surface area contributed by atoms with Crippen molar-refractivity contribution in [2.45, 2.75) is 32.6 Å². The zero-order valence-corrected chi connectivity index (χ0v) is 10.3. The molecule has 5 heteroatoms. The normalized spacial score (nSPS) is 17.6. The van der Waals surface area contributed by atoms with Gasteiger partial charge in [-0.15, -0.1) is 0 Å². The number of carbonyl (C=O) groups is 1. The molecule has 1 aromatic heterocycles. The van der Waals surface area contributed by atoms with Gasteiger partial charge in [0, 0.05) is 6.42 Å². The first-order valence-electron chi connectivity index (χ1n) is 5.62. The highest BCUT2D eigenvalue weighted by Gasteiger charge is 2.17. The first-order chi connectivity index (χ1) is 7.74. The number of hydrogen-bond donors (Lipinski definition) is 0. The van der Waals surface area contributed by atoms with Crippen molar-refractivity contribution in [3.8, 4) is 0 Å². The first-order valence-corrected chi connectivity index (χ1v) is 6.78. The monoisotopic (exact) mass is 240 g/mol. The zero-order chi connectivity index (χ0) is 11.4. The molecule has 1 aliphatic heterocycles. The molecule has 0 spiro atoms. The summed E-state index contributed by atoms with van der Waals surface area (Å²) in [5.74, 6) is 4.43. The van der Waals surface area contributed by atoms with Gasteiger partial charge in [-0.05, 0) is 37.2 Å². The van der Waals surface area contributed by atoms with Crippen molar-refractivity contribution in [2.24, 2.45) is 5.92 Å². The third kappa shape index (κ3) is 3.33. The van der Waals surface area contributed by atoms with Gasteiger partial charge in [0.25, 0.3) is 0 Å². The minimum atomic E-state index is 0.0595. The second kappa shape index (κ2) is 5.48. The molecule has 0 bridgehead atoms. The standard InChI is InChI=1S/C11H16N2O2S/c1-8(14)6-11-12-10(13-15-11)7-9-2-4-16-5-3-9/h9H,2-7H2,1H3. The molecule has 0 saturated carbocycles. The summed E-state index contributed by atoms with van der Waals surface area (Å²) >= 11 is 2.01. The Morgan fingerprint density at radius 2 is 2.25 bits per heavy atom. The Hall–Kier alpha value is -0.840. The summed E-state index contributed by atoms with van der Waals surface area (Å²) in [5.41, 5.74) is 0. The first kappa shape index (κ1) is 11.6. The molecular weight excluding hydrogens is 224 g/mol. The molecule has 0 radical (unpaired) electrons. The average Bonchev–Trinajstić information content (AvgIpc) is 2.66. The van der Waals surface area contributed by atoms with Crippen molar-refractivity contribution < 1.29 is 9.32 Å². The molecule has 2 heterocycles. The van der Waals surface area contributed by atoms with E-state index in [-0.39, 0.29) is 12.2 Å². The Balaban J connectivity index is 1.88. The molecule has 1 fully saturated rings. The molecule has 1 saturated heterocycles. The Labute approximate surface area is 99.2 Å². The molecule has 1 aromatic rings. The minimum absolute atomic E-state index is 0.0595. The zero-order valence-electron chi connectivity index (χ0n) is 9.44. The topological polar surface area (TPSA) is 56.0 Å². The van der Waals surface area contributed by atoms with Crippen LogP contribution < -0.4 is 0 Å². The fourth-order valence-corrected chi connectivity index (χ4v) is 3.07. The summed E-state index contributed by atoms with van der Waals surface area (Å²) in [4.78, 5) is 15.1. The van der Waals surface area contributed by atoms with Crippen LogP contribution in [0.2, 0.25) is 0 Å². The van der Waals surface area contributed by atoms with Crippen molar-refractivity contribution >= 4 is 17.5 Å². The van der Waals surface area contributed by atoms with Crippen molar-refractivity contribution in [1.82, 2.24) is 10.1 Å². The van der Waals surface area contributed by atoms with Crippen LogP contribution in [0.5, 0.6) is 0 Å². The van der Waals surface area contributed by atoms with Crippen LogP contribution in [0.15, 0.2) is 4.52 Å². The maximum absolute atomic E-state index is 10.9.